The van der Waals surface area contributed by atoms with E-state index in [1.54, 1.807) is 0 Å². The minimum absolute atomic E-state index is 0.226. The predicted molar refractivity (Wildman–Crippen MR) is 139 cm³/mol. The van der Waals surface area contributed by atoms with Crippen LogP contribution < -0.4 is 9.47 Å². The summed E-state index contributed by atoms with van der Waals surface area (Å²) in [6, 6.07) is 0. The van der Waals surface area contributed by atoms with Crippen LogP contribution in [0.4, 0.5) is 96.6 Å². The Morgan fingerprint density at radius 3 is 0.964 bits per heavy atom. The molecule has 4 unspecified atom stereocenters. The van der Waals surface area contributed by atoms with Crippen molar-refractivity contribution < 1.29 is 116 Å². The number of hydrogen-bond donors (Lipinski definition) is 0. The minimum Gasteiger partial charge on any atom is -0.481 e. The minimum atomic E-state index is -6.15. The summed E-state index contributed by atoms with van der Waals surface area (Å²) in [6.07, 6.45) is -17.1. The highest BCUT2D eigenvalue weighted by atomic mass is 19.3. The van der Waals surface area contributed by atoms with E-state index in [0.29, 0.717) is 0 Å². The summed E-state index contributed by atoms with van der Waals surface area (Å²) in [6.45, 7) is -7.44. The van der Waals surface area contributed by atoms with Gasteiger partial charge in [0.1, 0.15) is 23.3 Å². The van der Waals surface area contributed by atoms with E-state index in [1.807, 2.05) is 0 Å². The van der Waals surface area contributed by atoms with Gasteiger partial charge in [0.2, 0.25) is 35.6 Å². The van der Waals surface area contributed by atoms with Crippen molar-refractivity contribution in [3.8, 4) is 11.5 Å². The molecule has 0 spiro atoms. The molecule has 0 radical (unpaired) electrons. The first kappa shape index (κ1) is 45.1. The molecule has 0 saturated carbocycles. The molecule has 2 aliphatic heterocycles. The van der Waals surface area contributed by atoms with E-state index in [0.717, 1.165) is 0 Å². The van der Waals surface area contributed by atoms with Crippen molar-refractivity contribution in [3.05, 3.63) is 57.7 Å². The molecule has 4 atom stereocenters. The first-order valence-corrected chi connectivity index (χ1v) is 15.3. The number of alkyl halides is 14. The Morgan fingerprint density at radius 1 is 0.464 bits per heavy atom. The van der Waals surface area contributed by atoms with Gasteiger partial charge in [0, 0.05) is 13.2 Å². The second kappa shape index (κ2) is 15.3. The van der Waals surface area contributed by atoms with Crippen LogP contribution in [-0.2, 0) is 21.3 Å². The second-order valence-corrected chi connectivity index (χ2v) is 12.2. The van der Waals surface area contributed by atoms with Gasteiger partial charge in [0.25, 0.3) is 0 Å². The lowest BCUT2D eigenvalue weighted by Gasteiger charge is -2.31. The van der Waals surface area contributed by atoms with Gasteiger partial charge >= 0.3 is 35.5 Å². The normalized spacial score (nSPS) is 20.1. The Morgan fingerprint density at radius 2 is 0.732 bits per heavy atom. The lowest BCUT2D eigenvalue weighted by atomic mass is 9.94. The lowest BCUT2D eigenvalue weighted by molar-refractivity contribution is -0.233. The quantitative estimate of drug-likeness (QED) is 0.132. The molecule has 4 nitrogen and oxygen atoms in total. The summed E-state index contributed by atoms with van der Waals surface area (Å²) in [5.74, 6) is -67.8. The lowest BCUT2D eigenvalue weighted by Crippen LogP contribution is -2.50. The van der Waals surface area contributed by atoms with Crippen LogP contribution in [0.15, 0.2) is 0 Å². The van der Waals surface area contributed by atoms with Crippen molar-refractivity contribution in [1.29, 1.82) is 0 Å². The van der Waals surface area contributed by atoms with Gasteiger partial charge in [-0.3, -0.25) is 0 Å². The second-order valence-electron chi connectivity index (χ2n) is 12.2. The van der Waals surface area contributed by atoms with Crippen molar-refractivity contribution in [2.45, 2.75) is 85.8 Å². The number of hydrogen-bond acceptors (Lipinski definition) is 4. The Labute approximate surface area is 297 Å². The summed E-state index contributed by atoms with van der Waals surface area (Å²) in [5, 5.41) is 0. The Hall–Kier alpha value is -3.58. The van der Waals surface area contributed by atoms with Crippen molar-refractivity contribution in [2.75, 3.05) is 26.4 Å². The van der Waals surface area contributed by atoms with Gasteiger partial charge in [0.05, 0.1) is 0 Å². The molecule has 2 aliphatic rings. The zero-order valence-electron chi connectivity index (χ0n) is 26.9. The standard InChI is InChI=1S/C30H20F22O4/c31-13-11(29(49,50)23(39)27(45,46)9-3-1-5-53-9)14(32)18(36)21(17(13)35)55-7-25(41,42)26(43,44)8-56-22-19(37)15(33)12(16(34)20(22)38)30(51,52)24(40)28(47,48)10-4-2-6-54-10/h9-10,23-24H,1-8H2. The van der Waals surface area contributed by atoms with Gasteiger partial charge in [-0.15, -0.1) is 0 Å². The third-order valence-corrected chi connectivity index (χ3v) is 8.47. The topological polar surface area (TPSA) is 36.9 Å². The van der Waals surface area contributed by atoms with Crippen LogP contribution in [0.3, 0.4) is 0 Å². The van der Waals surface area contributed by atoms with Gasteiger partial charge in [-0.25, -0.2) is 43.9 Å². The molecular formula is C30H20F22O4. The molecule has 2 saturated heterocycles. The van der Waals surface area contributed by atoms with E-state index in [4.69, 9.17) is 0 Å². The summed E-state index contributed by atoms with van der Waals surface area (Å²) in [7, 11) is 0. The van der Waals surface area contributed by atoms with Crippen molar-refractivity contribution >= 4 is 0 Å². The van der Waals surface area contributed by atoms with Crippen LogP contribution in [0.25, 0.3) is 0 Å². The fourth-order valence-electron chi connectivity index (χ4n) is 5.42. The van der Waals surface area contributed by atoms with Gasteiger partial charge in [-0.1, -0.05) is 0 Å². The van der Waals surface area contributed by atoms with Crippen LogP contribution in [-0.4, -0.2) is 74.7 Å². The highest BCUT2D eigenvalue weighted by Gasteiger charge is 2.65. The summed E-state index contributed by atoms with van der Waals surface area (Å²) >= 11 is 0. The third kappa shape index (κ3) is 7.58. The van der Waals surface area contributed by atoms with E-state index in [1.165, 1.54) is 0 Å². The molecule has 4 rings (SSSR count). The highest BCUT2D eigenvalue weighted by Crippen LogP contribution is 2.50. The molecule has 0 bridgehead atoms. The molecule has 26 heteroatoms. The smallest absolute Gasteiger partial charge is 0.346 e. The average Bonchev–Trinajstić information content (AvgIpc) is 3.86. The molecule has 2 heterocycles. The molecule has 318 valence electrons. The van der Waals surface area contributed by atoms with Gasteiger partial charge in [-0.05, 0) is 25.7 Å². The van der Waals surface area contributed by atoms with Crippen molar-refractivity contribution in [1.82, 2.24) is 0 Å². The maximum atomic E-state index is 14.6. The molecule has 2 aromatic carbocycles. The van der Waals surface area contributed by atoms with Crippen molar-refractivity contribution in [2.24, 2.45) is 0 Å². The highest BCUT2D eigenvalue weighted by molar-refractivity contribution is 5.39. The van der Waals surface area contributed by atoms with Gasteiger partial charge < -0.3 is 18.9 Å². The molecule has 0 aliphatic carbocycles. The molecule has 2 fully saturated rings. The molecule has 56 heavy (non-hydrogen) atoms. The number of halogens is 22. The maximum absolute atomic E-state index is 14.6. The molecular weight excluding hydrogens is 842 g/mol. The number of rotatable bonds is 15. The molecule has 0 aromatic heterocycles. The maximum Gasteiger partial charge on any atom is 0.346 e. The monoisotopic (exact) mass is 862 g/mol. The molecule has 0 amide bonds. The first-order valence-electron chi connectivity index (χ1n) is 15.3. The van der Waals surface area contributed by atoms with Gasteiger partial charge in [-0.2, -0.15) is 52.7 Å². The van der Waals surface area contributed by atoms with Crippen LogP contribution in [0.2, 0.25) is 0 Å². The zero-order valence-corrected chi connectivity index (χ0v) is 26.9. The van der Waals surface area contributed by atoms with E-state index in [-0.39, 0.29) is 12.8 Å². The first-order chi connectivity index (χ1) is 25.5. The van der Waals surface area contributed by atoms with Gasteiger partial charge in [0.15, 0.2) is 48.0 Å². The number of ether oxygens (including phenoxy) is 4. The fourth-order valence-corrected chi connectivity index (χ4v) is 5.42. The molecule has 2 aromatic rings. The largest absolute Gasteiger partial charge is 0.481 e. The van der Waals surface area contributed by atoms with Crippen molar-refractivity contribution in [3.63, 3.8) is 0 Å². The summed E-state index contributed by atoms with van der Waals surface area (Å²) in [5.41, 5.74) is -6.75. The van der Waals surface area contributed by atoms with E-state index < -0.39 is 169 Å². The predicted octanol–water partition coefficient (Wildman–Crippen LogP) is 10.0. The Balaban J connectivity index is 1.56. The third-order valence-electron chi connectivity index (χ3n) is 8.47. The fraction of sp³-hybridized carbons (Fsp3) is 0.600. The van der Waals surface area contributed by atoms with Crippen LogP contribution >= 0.6 is 0 Å². The van der Waals surface area contributed by atoms with E-state index in [2.05, 4.69) is 18.9 Å². The Bertz CT molecular complexity index is 1590. The Kier molecular flexibility index (Phi) is 12.3. The van der Waals surface area contributed by atoms with E-state index >= 15 is 0 Å². The summed E-state index contributed by atoms with van der Waals surface area (Å²) in [4.78, 5) is 0. The average molecular weight is 862 g/mol. The van der Waals surface area contributed by atoms with Crippen LogP contribution in [0.1, 0.15) is 36.8 Å². The SMILES string of the molecule is Fc1c(F)c(C(F)(F)C(F)C(F)(F)C2CCCO2)c(F)c(F)c1OCC(F)(F)C(F)(F)COc1c(F)c(F)c(C(F)(F)C(F)C(F)(F)C2CCCO2)c(F)c1F. The molecule has 0 N–H and O–H groups in total. The number of benzene rings is 2. The summed E-state index contributed by atoms with van der Waals surface area (Å²) < 4.78 is 334. The van der Waals surface area contributed by atoms with Crippen LogP contribution in [0, 0.1) is 46.5 Å². The van der Waals surface area contributed by atoms with Crippen LogP contribution in [0.5, 0.6) is 11.5 Å². The zero-order chi connectivity index (χ0) is 42.7. The van der Waals surface area contributed by atoms with E-state index in [9.17, 15) is 96.6 Å².